The lowest BCUT2D eigenvalue weighted by Crippen LogP contribution is -2.46. The fourth-order valence-corrected chi connectivity index (χ4v) is 5.93. The quantitative estimate of drug-likeness (QED) is 0.457. The van der Waals surface area contributed by atoms with Crippen molar-refractivity contribution < 1.29 is 27.9 Å². The Kier molecular flexibility index (Phi) is 6.60. The number of nitrogens with zero attached hydrogens (tertiary/aromatic N) is 5. The summed E-state index contributed by atoms with van der Waals surface area (Å²) in [6.07, 6.45) is 0.488. The summed E-state index contributed by atoms with van der Waals surface area (Å²) in [5.41, 5.74) is 9.38. The molecule has 3 aliphatic rings. The lowest BCUT2D eigenvalue weighted by atomic mass is 9.94. The minimum atomic E-state index is -4.70. The Morgan fingerprint density at radius 2 is 1.95 bits per heavy atom. The summed E-state index contributed by atoms with van der Waals surface area (Å²) in [5.74, 6) is -0.348. The maximum atomic E-state index is 13.8. The van der Waals surface area contributed by atoms with Crippen LogP contribution in [0.25, 0.3) is 5.69 Å². The lowest BCUT2D eigenvalue weighted by molar-refractivity contribution is -0.141. The first-order chi connectivity index (χ1) is 19.6. The van der Waals surface area contributed by atoms with Crippen molar-refractivity contribution in [2.75, 3.05) is 25.4 Å². The molecule has 9 nitrogen and oxygen atoms in total. The predicted octanol–water partition coefficient (Wildman–Crippen LogP) is 3.55. The average Bonchev–Trinajstić information content (AvgIpc) is 3.77. The monoisotopic (exact) mass is 566 g/mol. The number of carbonyl (C=O) groups excluding carboxylic acids is 2. The maximum absolute atomic E-state index is 13.8. The van der Waals surface area contributed by atoms with E-state index >= 15 is 0 Å². The first-order valence-corrected chi connectivity index (χ1v) is 13.5. The van der Waals surface area contributed by atoms with Gasteiger partial charge in [-0.25, -0.2) is 4.68 Å². The van der Waals surface area contributed by atoms with E-state index in [-0.39, 0.29) is 36.9 Å². The Morgan fingerprint density at radius 3 is 2.61 bits per heavy atom. The van der Waals surface area contributed by atoms with Gasteiger partial charge in [0, 0.05) is 55.5 Å². The van der Waals surface area contributed by atoms with Crippen LogP contribution in [-0.4, -0.2) is 61.1 Å². The van der Waals surface area contributed by atoms with Crippen LogP contribution >= 0.6 is 0 Å². The van der Waals surface area contributed by atoms with Gasteiger partial charge in [0.05, 0.1) is 35.3 Å². The highest BCUT2D eigenvalue weighted by molar-refractivity contribution is 5.99. The molecule has 1 aromatic carbocycles. The van der Waals surface area contributed by atoms with E-state index in [4.69, 9.17) is 10.8 Å². The number of benzene rings is 1. The summed E-state index contributed by atoms with van der Waals surface area (Å²) in [5, 5.41) is 15.1. The lowest BCUT2D eigenvalue weighted by Gasteiger charge is -2.38. The average molecular weight is 567 g/mol. The third-order valence-electron chi connectivity index (χ3n) is 8.16. The predicted molar refractivity (Wildman–Crippen MR) is 143 cm³/mol. The van der Waals surface area contributed by atoms with E-state index in [0.29, 0.717) is 31.4 Å². The summed E-state index contributed by atoms with van der Waals surface area (Å²) in [7, 11) is 0. The molecular formula is C29H29F3N6O3. The van der Waals surface area contributed by atoms with Gasteiger partial charge in [0.15, 0.2) is 0 Å². The molecule has 214 valence electrons. The Balaban J connectivity index is 1.42. The molecule has 1 aliphatic carbocycles. The van der Waals surface area contributed by atoms with Crippen LogP contribution in [0.4, 0.5) is 18.9 Å². The Hall–Kier alpha value is -4.19. The smallest absolute Gasteiger partial charge is 0.398 e. The molecule has 0 saturated heterocycles. The van der Waals surface area contributed by atoms with Crippen LogP contribution in [0.3, 0.4) is 0 Å². The zero-order chi connectivity index (χ0) is 29.1. The van der Waals surface area contributed by atoms with Crippen LogP contribution in [0.15, 0.2) is 43.1 Å². The fraction of sp³-hybridized carbons (Fsp3) is 0.379. The molecule has 2 amide bonds. The van der Waals surface area contributed by atoms with E-state index in [1.54, 1.807) is 4.90 Å². The summed E-state index contributed by atoms with van der Waals surface area (Å²) < 4.78 is 41.3. The molecule has 1 unspecified atom stereocenters. The molecule has 41 heavy (non-hydrogen) atoms. The molecule has 1 fully saturated rings. The van der Waals surface area contributed by atoms with Gasteiger partial charge in [0.2, 0.25) is 5.91 Å². The van der Waals surface area contributed by atoms with E-state index in [1.807, 2.05) is 16.8 Å². The highest BCUT2D eigenvalue weighted by Crippen LogP contribution is 2.42. The Labute approximate surface area is 234 Å². The molecule has 1 atom stereocenters. The largest absolute Gasteiger partial charge is 0.433 e. The van der Waals surface area contributed by atoms with Crippen molar-refractivity contribution in [1.29, 1.82) is 0 Å². The van der Waals surface area contributed by atoms with Crippen molar-refractivity contribution in [2.45, 2.75) is 50.4 Å². The van der Waals surface area contributed by atoms with E-state index in [9.17, 15) is 27.9 Å². The van der Waals surface area contributed by atoms with Gasteiger partial charge in [-0.05, 0) is 42.5 Å². The molecule has 0 radical (unpaired) electrons. The number of carbonyl (C=O) groups is 2. The van der Waals surface area contributed by atoms with Gasteiger partial charge in [-0.1, -0.05) is 18.7 Å². The summed E-state index contributed by atoms with van der Waals surface area (Å²) in [6.45, 7) is 4.16. The van der Waals surface area contributed by atoms with Gasteiger partial charge in [-0.3, -0.25) is 14.6 Å². The third-order valence-corrected chi connectivity index (χ3v) is 8.16. The van der Waals surface area contributed by atoms with E-state index < -0.39 is 23.8 Å². The van der Waals surface area contributed by atoms with Gasteiger partial charge >= 0.3 is 6.18 Å². The number of rotatable bonds is 5. The van der Waals surface area contributed by atoms with Gasteiger partial charge in [0.1, 0.15) is 5.69 Å². The number of pyridine rings is 1. The number of anilines is 1. The van der Waals surface area contributed by atoms with Crippen LogP contribution in [0.1, 0.15) is 68.9 Å². The third kappa shape index (κ3) is 4.75. The molecule has 2 aliphatic heterocycles. The van der Waals surface area contributed by atoms with Crippen molar-refractivity contribution in [3.05, 3.63) is 82.5 Å². The first kappa shape index (κ1) is 27.0. The van der Waals surface area contributed by atoms with Crippen molar-refractivity contribution in [2.24, 2.45) is 0 Å². The zero-order valence-corrected chi connectivity index (χ0v) is 22.2. The van der Waals surface area contributed by atoms with Crippen LogP contribution < -0.4 is 5.73 Å². The number of hydrogen-bond acceptors (Lipinski definition) is 6. The highest BCUT2D eigenvalue weighted by Gasteiger charge is 2.41. The Bertz CT molecular complexity index is 1560. The number of aliphatic hydroxyl groups excluding tert-OH is 1. The van der Waals surface area contributed by atoms with E-state index in [2.05, 4.69) is 17.6 Å². The molecule has 1 saturated carbocycles. The number of aliphatic hydroxyl groups is 1. The highest BCUT2D eigenvalue weighted by atomic mass is 19.4. The van der Waals surface area contributed by atoms with Crippen molar-refractivity contribution in [3.63, 3.8) is 0 Å². The number of hydrogen-bond donors (Lipinski definition) is 2. The number of amides is 2. The first-order valence-electron chi connectivity index (χ1n) is 13.5. The summed E-state index contributed by atoms with van der Waals surface area (Å²) in [4.78, 5) is 33.0. The fourth-order valence-electron chi connectivity index (χ4n) is 5.93. The van der Waals surface area contributed by atoms with E-state index in [1.165, 1.54) is 16.5 Å². The maximum Gasteiger partial charge on any atom is 0.433 e. The van der Waals surface area contributed by atoms with Gasteiger partial charge < -0.3 is 20.6 Å². The summed E-state index contributed by atoms with van der Waals surface area (Å²) in [6, 6.07) is 6.09. The number of nitrogens with two attached hydrogens (primary N) is 1. The minimum Gasteiger partial charge on any atom is -0.398 e. The minimum absolute atomic E-state index is 0.139. The second kappa shape index (κ2) is 10.0. The van der Waals surface area contributed by atoms with Crippen LogP contribution in [0.2, 0.25) is 0 Å². The molecule has 6 rings (SSSR count). The normalized spacial score (nSPS) is 18.6. The standard InChI is InChI=1S/C29H29F3N6O3/c1-2-26(40)36-9-7-21-27-23(38(35-21)22-6-5-17(16-3-4-16)11-18(22)15-39)8-10-37(24(27)14-36)28(41)19-13-34-25(12-20(19)33)29(30,31)32/h2,5-6,11-13,16,24,39H,1,3-4,7-10,14-15H2,(H2,33,34). The van der Waals surface area contributed by atoms with Crippen molar-refractivity contribution >= 4 is 17.5 Å². The number of alkyl halides is 3. The van der Waals surface area contributed by atoms with Crippen LogP contribution in [0, 0.1) is 0 Å². The van der Waals surface area contributed by atoms with E-state index in [0.717, 1.165) is 47.2 Å². The number of nitrogen functional groups attached to an aromatic ring is 1. The van der Waals surface area contributed by atoms with Gasteiger partial charge in [-0.2, -0.15) is 18.3 Å². The molecule has 0 spiro atoms. The van der Waals surface area contributed by atoms with Crippen molar-refractivity contribution in [1.82, 2.24) is 24.6 Å². The molecule has 3 N–H and O–H groups in total. The van der Waals surface area contributed by atoms with Gasteiger partial charge in [-0.15, -0.1) is 0 Å². The zero-order valence-electron chi connectivity index (χ0n) is 22.2. The Morgan fingerprint density at radius 1 is 1.17 bits per heavy atom. The van der Waals surface area contributed by atoms with Crippen LogP contribution in [0.5, 0.6) is 0 Å². The van der Waals surface area contributed by atoms with Crippen molar-refractivity contribution in [3.8, 4) is 5.69 Å². The topological polar surface area (TPSA) is 118 Å². The SMILES string of the molecule is C=CC(=O)N1CCc2nn(-c3ccc(C4CC4)cc3CO)c3c2C(C1)N(C(=O)c1cnc(C(F)(F)F)cc1N)CC3. The van der Waals surface area contributed by atoms with Gasteiger partial charge in [0.25, 0.3) is 5.91 Å². The number of aromatic nitrogens is 3. The molecule has 12 heteroatoms. The molecule has 3 aromatic rings. The second-order valence-electron chi connectivity index (χ2n) is 10.7. The molecule has 4 heterocycles. The molecular weight excluding hydrogens is 537 g/mol. The second-order valence-corrected chi connectivity index (χ2v) is 10.7. The molecule has 2 aromatic heterocycles. The summed E-state index contributed by atoms with van der Waals surface area (Å²) >= 11 is 0. The number of halogens is 3. The molecule has 0 bridgehead atoms. The van der Waals surface area contributed by atoms with Crippen LogP contribution in [-0.2, 0) is 30.4 Å².